The van der Waals surface area contributed by atoms with E-state index in [1.54, 1.807) is 0 Å². The van der Waals surface area contributed by atoms with Gasteiger partial charge in [-0.3, -0.25) is 0 Å². The van der Waals surface area contributed by atoms with E-state index in [0.717, 1.165) is 23.4 Å². The lowest BCUT2D eigenvalue weighted by molar-refractivity contribution is -0.131. The second-order valence-electron chi connectivity index (χ2n) is 5.02. The first-order valence-electron chi connectivity index (χ1n) is 7.11. The number of aliphatic hydroxyl groups excluding tert-OH is 1. The summed E-state index contributed by atoms with van der Waals surface area (Å²) in [5.74, 6) is 0.898. The molecule has 2 atom stereocenters. The monoisotopic (exact) mass is 276 g/mol. The molecule has 1 aliphatic rings. The van der Waals surface area contributed by atoms with Gasteiger partial charge < -0.3 is 19.1 Å². The number of imidazole rings is 1. The maximum absolute atomic E-state index is 10.3. The molecule has 1 N–H and O–H groups in total. The molecule has 1 aromatic carbocycles. The van der Waals surface area contributed by atoms with Crippen LogP contribution >= 0.6 is 0 Å². The molecule has 0 bridgehead atoms. The van der Waals surface area contributed by atoms with Gasteiger partial charge in [-0.05, 0) is 19.1 Å². The molecule has 0 radical (unpaired) electrons. The molecule has 5 heteroatoms. The number of para-hydroxylation sites is 2. The van der Waals surface area contributed by atoms with Gasteiger partial charge in [0.2, 0.25) is 0 Å². The summed E-state index contributed by atoms with van der Waals surface area (Å²) in [4.78, 5) is 4.62. The van der Waals surface area contributed by atoms with E-state index in [9.17, 15) is 5.11 Å². The molecule has 20 heavy (non-hydrogen) atoms. The predicted molar refractivity (Wildman–Crippen MR) is 75.7 cm³/mol. The minimum atomic E-state index is -0.586. The van der Waals surface area contributed by atoms with Crippen molar-refractivity contribution in [2.45, 2.75) is 32.1 Å². The van der Waals surface area contributed by atoms with Crippen LogP contribution in [0, 0.1) is 0 Å². The number of nitrogens with zero attached hydrogens (tertiary/aromatic N) is 2. The van der Waals surface area contributed by atoms with Crippen molar-refractivity contribution in [3.05, 3.63) is 30.1 Å². The van der Waals surface area contributed by atoms with Crippen LogP contribution in [0.15, 0.2) is 24.3 Å². The van der Waals surface area contributed by atoms with Crippen molar-refractivity contribution in [1.29, 1.82) is 0 Å². The molecular formula is C15H20N2O3. The van der Waals surface area contributed by atoms with Gasteiger partial charge in [0.25, 0.3) is 0 Å². The first-order chi connectivity index (χ1) is 9.79. The Balaban J connectivity index is 1.82. The summed E-state index contributed by atoms with van der Waals surface area (Å²) in [5.41, 5.74) is 2.08. The number of benzene rings is 1. The summed E-state index contributed by atoms with van der Waals surface area (Å²) in [6.45, 7) is 4.53. The van der Waals surface area contributed by atoms with E-state index in [2.05, 4.69) is 22.5 Å². The highest BCUT2D eigenvalue weighted by Gasteiger charge is 2.25. The lowest BCUT2D eigenvalue weighted by atomic mass is 10.1. The van der Waals surface area contributed by atoms with Crippen molar-refractivity contribution in [2.75, 3.05) is 19.8 Å². The fourth-order valence-corrected chi connectivity index (χ4v) is 2.68. The van der Waals surface area contributed by atoms with Gasteiger partial charge in [0.1, 0.15) is 11.9 Å². The van der Waals surface area contributed by atoms with E-state index in [0.29, 0.717) is 26.2 Å². The SMILES string of the molecule is CCn1c(CC(O)C2COCCO2)nc2ccccc21. The molecule has 0 amide bonds. The number of aryl methyl sites for hydroxylation is 1. The fraction of sp³-hybridized carbons (Fsp3) is 0.533. The van der Waals surface area contributed by atoms with E-state index in [-0.39, 0.29) is 6.10 Å². The number of fused-ring (bicyclic) bond motifs is 1. The predicted octanol–water partition coefficient (Wildman–Crippen LogP) is 1.37. The number of hydrogen-bond acceptors (Lipinski definition) is 4. The normalized spacial score (nSPS) is 21.2. The summed E-state index contributed by atoms with van der Waals surface area (Å²) in [6, 6.07) is 8.04. The van der Waals surface area contributed by atoms with E-state index in [1.807, 2.05) is 18.2 Å². The van der Waals surface area contributed by atoms with Crippen LogP contribution in [0.1, 0.15) is 12.7 Å². The van der Waals surface area contributed by atoms with Crippen molar-refractivity contribution < 1.29 is 14.6 Å². The van der Waals surface area contributed by atoms with E-state index in [4.69, 9.17) is 9.47 Å². The van der Waals surface area contributed by atoms with Gasteiger partial charge in [0.15, 0.2) is 0 Å². The Morgan fingerprint density at radius 1 is 1.40 bits per heavy atom. The quantitative estimate of drug-likeness (QED) is 0.916. The van der Waals surface area contributed by atoms with Gasteiger partial charge in [0.05, 0.1) is 37.0 Å². The zero-order chi connectivity index (χ0) is 13.9. The zero-order valence-electron chi connectivity index (χ0n) is 11.7. The highest BCUT2D eigenvalue weighted by molar-refractivity contribution is 5.75. The van der Waals surface area contributed by atoms with Gasteiger partial charge in [-0.25, -0.2) is 4.98 Å². The van der Waals surface area contributed by atoms with Crippen LogP contribution in [0.3, 0.4) is 0 Å². The average Bonchev–Trinajstić information content (AvgIpc) is 2.85. The maximum Gasteiger partial charge on any atom is 0.112 e. The number of rotatable bonds is 4. The van der Waals surface area contributed by atoms with E-state index >= 15 is 0 Å². The average molecular weight is 276 g/mol. The van der Waals surface area contributed by atoms with Crippen molar-refractivity contribution >= 4 is 11.0 Å². The Morgan fingerprint density at radius 3 is 3.00 bits per heavy atom. The molecule has 2 heterocycles. The van der Waals surface area contributed by atoms with Crippen LogP contribution in [-0.2, 0) is 22.4 Å². The molecule has 1 saturated heterocycles. The molecule has 1 aliphatic heterocycles. The Morgan fingerprint density at radius 2 is 2.25 bits per heavy atom. The molecule has 0 saturated carbocycles. The summed E-state index contributed by atoms with van der Waals surface area (Å²) < 4.78 is 13.0. The van der Waals surface area contributed by atoms with Crippen LogP contribution in [0.5, 0.6) is 0 Å². The van der Waals surface area contributed by atoms with Crippen LogP contribution < -0.4 is 0 Å². The molecule has 0 aliphatic carbocycles. The Labute approximate surface area is 118 Å². The third kappa shape index (κ3) is 2.57. The van der Waals surface area contributed by atoms with Gasteiger partial charge in [0, 0.05) is 13.0 Å². The Bertz CT molecular complexity index is 576. The van der Waals surface area contributed by atoms with Crippen molar-refractivity contribution in [1.82, 2.24) is 9.55 Å². The molecule has 1 fully saturated rings. The van der Waals surface area contributed by atoms with Gasteiger partial charge in [-0.2, -0.15) is 0 Å². The van der Waals surface area contributed by atoms with Crippen LogP contribution in [0.25, 0.3) is 11.0 Å². The van der Waals surface area contributed by atoms with E-state index < -0.39 is 6.10 Å². The lowest BCUT2D eigenvalue weighted by Gasteiger charge is -2.27. The van der Waals surface area contributed by atoms with Crippen molar-refractivity contribution in [2.24, 2.45) is 0 Å². The van der Waals surface area contributed by atoms with Gasteiger partial charge in [-0.15, -0.1) is 0 Å². The summed E-state index contributed by atoms with van der Waals surface area (Å²) in [5, 5.41) is 10.3. The molecule has 5 nitrogen and oxygen atoms in total. The first kappa shape index (κ1) is 13.5. The van der Waals surface area contributed by atoms with Crippen LogP contribution in [-0.4, -0.2) is 46.7 Å². The smallest absolute Gasteiger partial charge is 0.112 e. The first-order valence-corrected chi connectivity index (χ1v) is 7.11. The third-order valence-electron chi connectivity index (χ3n) is 3.71. The number of aromatic nitrogens is 2. The van der Waals surface area contributed by atoms with Crippen LogP contribution in [0.4, 0.5) is 0 Å². The second kappa shape index (κ2) is 5.91. The van der Waals surface area contributed by atoms with Crippen molar-refractivity contribution in [3.8, 4) is 0 Å². The Hall–Kier alpha value is -1.43. The molecule has 2 unspecified atom stereocenters. The molecular weight excluding hydrogens is 256 g/mol. The molecule has 3 rings (SSSR count). The lowest BCUT2D eigenvalue weighted by Crippen LogP contribution is -2.40. The standard InChI is InChI=1S/C15H20N2O3/c1-2-17-12-6-4-3-5-11(12)16-15(17)9-13(18)14-10-19-7-8-20-14/h3-6,13-14,18H,2,7-10H2,1H3. The minimum absolute atomic E-state index is 0.256. The topological polar surface area (TPSA) is 56.5 Å². The van der Waals surface area contributed by atoms with Crippen LogP contribution in [0.2, 0.25) is 0 Å². The summed E-state index contributed by atoms with van der Waals surface area (Å²) >= 11 is 0. The van der Waals surface area contributed by atoms with Crippen molar-refractivity contribution in [3.63, 3.8) is 0 Å². The molecule has 0 spiro atoms. The highest BCUT2D eigenvalue weighted by atomic mass is 16.6. The number of aliphatic hydroxyl groups is 1. The number of hydrogen-bond donors (Lipinski definition) is 1. The molecule has 2 aromatic rings. The Kier molecular flexibility index (Phi) is 4.00. The van der Waals surface area contributed by atoms with E-state index in [1.165, 1.54) is 0 Å². The third-order valence-corrected chi connectivity index (χ3v) is 3.71. The zero-order valence-corrected chi connectivity index (χ0v) is 11.7. The highest BCUT2D eigenvalue weighted by Crippen LogP contribution is 2.18. The minimum Gasteiger partial charge on any atom is -0.390 e. The maximum atomic E-state index is 10.3. The summed E-state index contributed by atoms with van der Waals surface area (Å²) in [7, 11) is 0. The number of ether oxygens (including phenoxy) is 2. The fourth-order valence-electron chi connectivity index (χ4n) is 2.68. The molecule has 108 valence electrons. The van der Waals surface area contributed by atoms with Gasteiger partial charge >= 0.3 is 0 Å². The second-order valence-corrected chi connectivity index (χ2v) is 5.02. The molecule has 1 aromatic heterocycles. The largest absolute Gasteiger partial charge is 0.390 e. The van der Waals surface area contributed by atoms with Gasteiger partial charge in [-0.1, -0.05) is 12.1 Å². The summed E-state index contributed by atoms with van der Waals surface area (Å²) in [6.07, 6.45) is -0.359.